The molecule has 2 heterocycles. The summed E-state index contributed by atoms with van der Waals surface area (Å²) in [7, 11) is 0. The van der Waals surface area contributed by atoms with Crippen molar-refractivity contribution in [2.75, 3.05) is 0 Å². The molecule has 2 aromatic heterocycles. The van der Waals surface area contributed by atoms with Crippen LogP contribution in [0.25, 0.3) is 0 Å². The standard InChI is InChI=1S/C12H14N2OS/c1-8-3-4-10(6-13-8)11(15)5-12-14-9(2)7-16-12/h3-4,6-7,11,15H,5H2,1-2H3. The zero-order valence-corrected chi connectivity index (χ0v) is 10.2. The van der Waals surface area contributed by atoms with Crippen LogP contribution in [0.3, 0.4) is 0 Å². The number of hydrogen-bond acceptors (Lipinski definition) is 4. The van der Waals surface area contributed by atoms with Crippen molar-refractivity contribution in [3.05, 3.63) is 45.7 Å². The molecular formula is C12H14N2OS. The fraction of sp³-hybridized carbons (Fsp3) is 0.333. The Hall–Kier alpha value is -1.26. The van der Waals surface area contributed by atoms with E-state index in [1.807, 2.05) is 31.4 Å². The summed E-state index contributed by atoms with van der Waals surface area (Å²) in [6.45, 7) is 3.89. The molecule has 0 amide bonds. The molecule has 1 N–H and O–H groups in total. The fourth-order valence-corrected chi connectivity index (χ4v) is 2.27. The third kappa shape index (κ3) is 2.65. The topological polar surface area (TPSA) is 46.0 Å². The average molecular weight is 234 g/mol. The normalized spacial score (nSPS) is 12.7. The highest BCUT2D eigenvalue weighted by Gasteiger charge is 2.10. The molecular weight excluding hydrogens is 220 g/mol. The maximum atomic E-state index is 10.0. The molecule has 3 nitrogen and oxygen atoms in total. The predicted molar refractivity (Wildman–Crippen MR) is 64.5 cm³/mol. The minimum Gasteiger partial charge on any atom is -0.388 e. The number of nitrogens with zero attached hydrogens (tertiary/aromatic N) is 2. The van der Waals surface area contributed by atoms with Gasteiger partial charge in [-0.25, -0.2) is 4.98 Å². The molecule has 4 heteroatoms. The second-order valence-corrected chi connectivity index (χ2v) is 4.78. The van der Waals surface area contributed by atoms with Crippen LogP contribution >= 0.6 is 11.3 Å². The molecule has 0 bridgehead atoms. The maximum absolute atomic E-state index is 10.0. The van der Waals surface area contributed by atoms with Gasteiger partial charge in [-0.15, -0.1) is 11.3 Å². The highest BCUT2D eigenvalue weighted by atomic mass is 32.1. The van der Waals surface area contributed by atoms with E-state index >= 15 is 0 Å². The maximum Gasteiger partial charge on any atom is 0.0957 e. The summed E-state index contributed by atoms with van der Waals surface area (Å²) in [5, 5.41) is 13.0. The molecule has 0 saturated carbocycles. The smallest absolute Gasteiger partial charge is 0.0957 e. The Morgan fingerprint density at radius 2 is 2.12 bits per heavy atom. The molecule has 2 aromatic rings. The van der Waals surface area contributed by atoms with Crippen molar-refractivity contribution in [3.8, 4) is 0 Å². The van der Waals surface area contributed by atoms with E-state index in [4.69, 9.17) is 0 Å². The zero-order valence-electron chi connectivity index (χ0n) is 9.34. The lowest BCUT2D eigenvalue weighted by molar-refractivity contribution is 0.178. The monoisotopic (exact) mass is 234 g/mol. The highest BCUT2D eigenvalue weighted by molar-refractivity contribution is 7.09. The fourth-order valence-electron chi connectivity index (χ4n) is 1.46. The van der Waals surface area contributed by atoms with E-state index in [1.165, 1.54) is 0 Å². The van der Waals surface area contributed by atoms with Gasteiger partial charge in [0.15, 0.2) is 0 Å². The van der Waals surface area contributed by atoms with Gasteiger partial charge in [0, 0.05) is 29.4 Å². The number of pyridine rings is 1. The molecule has 1 atom stereocenters. The summed E-state index contributed by atoms with van der Waals surface area (Å²) in [6.07, 6.45) is 1.77. The molecule has 16 heavy (non-hydrogen) atoms. The average Bonchev–Trinajstić information content (AvgIpc) is 2.65. The second-order valence-electron chi connectivity index (χ2n) is 3.84. The van der Waals surface area contributed by atoms with Crippen molar-refractivity contribution in [1.29, 1.82) is 0 Å². The zero-order chi connectivity index (χ0) is 11.5. The van der Waals surface area contributed by atoms with Gasteiger partial charge < -0.3 is 5.11 Å². The van der Waals surface area contributed by atoms with Crippen molar-refractivity contribution in [2.45, 2.75) is 26.4 Å². The first kappa shape index (κ1) is 11.2. The van der Waals surface area contributed by atoms with Crippen molar-refractivity contribution < 1.29 is 5.11 Å². The van der Waals surface area contributed by atoms with Crippen molar-refractivity contribution in [3.63, 3.8) is 0 Å². The van der Waals surface area contributed by atoms with Gasteiger partial charge in [0.05, 0.1) is 11.1 Å². The van der Waals surface area contributed by atoms with E-state index in [9.17, 15) is 5.11 Å². The third-order valence-corrected chi connectivity index (χ3v) is 3.34. The van der Waals surface area contributed by atoms with Crippen LogP contribution in [0.5, 0.6) is 0 Å². The lowest BCUT2D eigenvalue weighted by Gasteiger charge is -2.08. The summed E-state index contributed by atoms with van der Waals surface area (Å²) in [5.41, 5.74) is 2.81. The SMILES string of the molecule is Cc1ccc(C(O)Cc2nc(C)cs2)cn1. The van der Waals surface area contributed by atoms with Gasteiger partial charge in [-0.3, -0.25) is 4.98 Å². The van der Waals surface area contributed by atoms with E-state index in [-0.39, 0.29) is 0 Å². The van der Waals surface area contributed by atoms with E-state index in [1.54, 1.807) is 17.5 Å². The first-order valence-electron chi connectivity index (χ1n) is 5.17. The molecule has 0 aliphatic rings. The summed E-state index contributed by atoms with van der Waals surface area (Å²) in [4.78, 5) is 8.50. The van der Waals surface area contributed by atoms with Crippen LogP contribution in [0.2, 0.25) is 0 Å². The third-order valence-electron chi connectivity index (χ3n) is 2.35. The first-order valence-corrected chi connectivity index (χ1v) is 6.05. The largest absolute Gasteiger partial charge is 0.388 e. The summed E-state index contributed by atoms with van der Waals surface area (Å²) in [5.74, 6) is 0. The number of hydrogen-bond donors (Lipinski definition) is 1. The Morgan fingerprint density at radius 1 is 1.31 bits per heavy atom. The van der Waals surface area contributed by atoms with Crippen LogP contribution in [-0.2, 0) is 6.42 Å². The number of aliphatic hydroxyl groups excluding tert-OH is 1. The van der Waals surface area contributed by atoms with Gasteiger partial charge >= 0.3 is 0 Å². The number of thiazole rings is 1. The number of aromatic nitrogens is 2. The van der Waals surface area contributed by atoms with Crippen molar-refractivity contribution >= 4 is 11.3 Å². The molecule has 2 rings (SSSR count). The van der Waals surface area contributed by atoms with Crippen LogP contribution in [0.1, 0.15) is 28.1 Å². The van der Waals surface area contributed by atoms with Gasteiger partial charge in [0.1, 0.15) is 0 Å². The van der Waals surface area contributed by atoms with Gasteiger partial charge in [-0.1, -0.05) is 6.07 Å². The Morgan fingerprint density at radius 3 is 2.69 bits per heavy atom. The molecule has 84 valence electrons. The number of rotatable bonds is 3. The van der Waals surface area contributed by atoms with Gasteiger partial charge in [-0.05, 0) is 25.5 Å². The van der Waals surface area contributed by atoms with Gasteiger partial charge in [-0.2, -0.15) is 0 Å². The van der Waals surface area contributed by atoms with Gasteiger partial charge in [0.2, 0.25) is 0 Å². The number of aryl methyl sites for hydroxylation is 2. The van der Waals surface area contributed by atoms with Crippen LogP contribution in [0.4, 0.5) is 0 Å². The van der Waals surface area contributed by atoms with Crippen LogP contribution in [0, 0.1) is 13.8 Å². The molecule has 1 unspecified atom stereocenters. The Balaban J connectivity index is 2.08. The lowest BCUT2D eigenvalue weighted by atomic mass is 10.1. The molecule has 0 radical (unpaired) electrons. The molecule has 0 fully saturated rings. The van der Waals surface area contributed by atoms with E-state index in [0.717, 1.165) is 22.0 Å². The molecule has 0 spiro atoms. The van der Waals surface area contributed by atoms with E-state index < -0.39 is 6.10 Å². The summed E-state index contributed by atoms with van der Waals surface area (Å²) >= 11 is 1.58. The Kier molecular flexibility index (Phi) is 3.31. The van der Waals surface area contributed by atoms with Crippen LogP contribution in [0.15, 0.2) is 23.7 Å². The minimum absolute atomic E-state index is 0.515. The summed E-state index contributed by atoms with van der Waals surface area (Å²) < 4.78 is 0. The lowest BCUT2D eigenvalue weighted by Crippen LogP contribution is -2.02. The number of aliphatic hydroxyl groups is 1. The van der Waals surface area contributed by atoms with Crippen molar-refractivity contribution in [1.82, 2.24) is 9.97 Å². The highest BCUT2D eigenvalue weighted by Crippen LogP contribution is 2.20. The van der Waals surface area contributed by atoms with Crippen LogP contribution < -0.4 is 0 Å². The van der Waals surface area contributed by atoms with E-state index in [2.05, 4.69) is 9.97 Å². The van der Waals surface area contributed by atoms with Gasteiger partial charge in [0.25, 0.3) is 0 Å². The molecule has 0 aliphatic carbocycles. The van der Waals surface area contributed by atoms with Crippen molar-refractivity contribution in [2.24, 2.45) is 0 Å². The molecule has 0 aliphatic heterocycles. The Bertz CT molecular complexity index is 464. The van der Waals surface area contributed by atoms with Crippen LogP contribution in [-0.4, -0.2) is 15.1 Å². The first-order chi connectivity index (χ1) is 7.65. The minimum atomic E-state index is -0.515. The Labute approximate surface area is 98.8 Å². The predicted octanol–water partition coefficient (Wildman–Crippen LogP) is 2.43. The van der Waals surface area contributed by atoms with E-state index in [0.29, 0.717) is 6.42 Å². The summed E-state index contributed by atoms with van der Waals surface area (Å²) in [6, 6.07) is 3.82. The second kappa shape index (κ2) is 4.72. The molecule has 0 aromatic carbocycles. The molecule has 0 saturated heterocycles. The quantitative estimate of drug-likeness (QED) is 0.887.